The number of methoxy groups -OCH3 is 1. The van der Waals surface area contributed by atoms with Gasteiger partial charge in [-0.1, -0.05) is 18.2 Å². The van der Waals surface area contributed by atoms with Crippen molar-refractivity contribution in [3.05, 3.63) is 59.7 Å². The number of para-hydroxylation sites is 1. The predicted octanol–water partition coefficient (Wildman–Crippen LogP) is 3.25. The van der Waals surface area contributed by atoms with Gasteiger partial charge in [-0.2, -0.15) is 0 Å². The number of benzene rings is 2. The third-order valence-electron chi connectivity index (χ3n) is 4.79. The summed E-state index contributed by atoms with van der Waals surface area (Å²) in [6.07, 6.45) is 0. The summed E-state index contributed by atoms with van der Waals surface area (Å²) >= 11 is 0. The Balaban J connectivity index is 1.51. The Labute approximate surface area is 159 Å². The van der Waals surface area contributed by atoms with E-state index in [0.29, 0.717) is 24.3 Å². The first kappa shape index (κ1) is 18.9. The Bertz CT molecular complexity index is 797. The van der Waals surface area contributed by atoms with Gasteiger partial charge in [0.15, 0.2) is 5.78 Å². The number of rotatable bonds is 5. The normalized spacial score (nSPS) is 14.7. The van der Waals surface area contributed by atoms with Gasteiger partial charge >= 0.3 is 6.03 Å². The summed E-state index contributed by atoms with van der Waals surface area (Å²) in [6, 6.07) is 14.9. The van der Waals surface area contributed by atoms with E-state index < -0.39 is 0 Å². The molecule has 6 nitrogen and oxygen atoms in total. The van der Waals surface area contributed by atoms with Crippen molar-refractivity contribution in [2.45, 2.75) is 13.5 Å². The number of hydrogen-bond acceptors (Lipinski definition) is 4. The van der Waals surface area contributed by atoms with Crippen LogP contribution in [0.25, 0.3) is 0 Å². The minimum absolute atomic E-state index is 0.0130. The summed E-state index contributed by atoms with van der Waals surface area (Å²) in [6.45, 7) is 5.31. The van der Waals surface area contributed by atoms with Crippen molar-refractivity contribution in [3.63, 3.8) is 0 Å². The summed E-state index contributed by atoms with van der Waals surface area (Å²) in [5.74, 6) is 0.908. The molecule has 2 aromatic rings. The lowest BCUT2D eigenvalue weighted by molar-refractivity contribution is 0.101. The van der Waals surface area contributed by atoms with Crippen molar-refractivity contribution >= 4 is 17.5 Å². The molecule has 6 heteroatoms. The number of carbonyl (C=O) groups is 2. The van der Waals surface area contributed by atoms with Crippen molar-refractivity contribution in [1.29, 1.82) is 0 Å². The molecule has 1 N–H and O–H groups in total. The Morgan fingerprint density at radius 2 is 1.67 bits per heavy atom. The average Bonchev–Trinajstić information content (AvgIpc) is 2.69. The maximum absolute atomic E-state index is 12.5. The zero-order chi connectivity index (χ0) is 19.2. The Hall–Kier alpha value is -2.86. The molecule has 142 valence electrons. The van der Waals surface area contributed by atoms with Gasteiger partial charge in [-0.05, 0) is 37.3 Å². The monoisotopic (exact) mass is 367 g/mol. The van der Waals surface area contributed by atoms with Crippen LogP contribution >= 0.6 is 0 Å². The molecule has 1 fully saturated rings. The number of hydrogen-bond donors (Lipinski definition) is 1. The standard InChI is InChI=1S/C21H25N3O3/c1-16(25)17-7-9-19(10-8-17)22-21(26)24-13-11-23(12-14-24)15-18-5-3-4-6-20(18)27-2/h3-10H,11-15H2,1-2H3,(H,22,26). The smallest absolute Gasteiger partial charge is 0.321 e. The van der Waals surface area contributed by atoms with Crippen molar-refractivity contribution in [2.24, 2.45) is 0 Å². The molecule has 2 amide bonds. The molecule has 0 aromatic heterocycles. The lowest BCUT2D eigenvalue weighted by Crippen LogP contribution is -2.49. The summed E-state index contributed by atoms with van der Waals surface area (Å²) in [5.41, 5.74) is 2.49. The highest BCUT2D eigenvalue weighted by molar-refractivity contribution is 5.95. The van der Waals surface area contributed by atoms with Crippen LogP contribution in [0.1, 0.15) is 22.8 Å². The van der Waals surface area contributed by atoms with E-state index in [2.05, 4.69) is 16.3 Å². The highest BCUT2D eigenvalue weighted by atomic mass is 16.5. The first-order chi connectivity index (χ1) is 13.1. The maximum atomic E-state index is 12.5. The fourth-order valence-electron chi connectivity index (χ4n) is 3.17. The molecule has 1 aliphatic heterocycles. The average molecular weight is 367 g/mol. The van der Waals surface area contributed by atoms with E-state index in [0.717, 1.165) is 30.9 Å². The van der Waals surface area contributed by atoms with Crippen LogP contribution in [0.4, 0.5) is 10.5 Å². The van der Waals surface area contributed by atoms with Gasteiger partial charge in [0.2, 0.25) is 0 Å². The van der Waals surface area contributed by atoms with Crippen molar-refractivity contribution in [3.8, 4) is 5.75 Å². The van der Waals surface area contributed by atoms with Gasteiger partial charge < -0.3 is 15.0 Å². The van der Waals surface area contributed by atoms with E-state index in [1.807, 2.05) is 23.1 Å². The molecule has 0 unspecified atom stereocenters. The summed E-state index contributed by atoms with van der Waals surface area (Å²) < 4.78 is 5.41. The Morgan fingerprint density at radius 1 is 1.00 bits per heavy atom. The van der Waals surface area contributed by atoms with Gasteiger partial charge in [0.25, 0.3) is 0 Å². The quantitative estimate of drug-likeness (QED) is 0.824. The summed E-state index contributed by atoms with van der Waals surface area (Å²) in [7, 11) is 1.68. The second-order valence-corrected chi connectivity index (χ2v) is 6.64. The molecule has 0 aliphatic carbocycles. The highest BCUT2D eigenvalue weighted by Gasteiger charge is 2.21. The zero-order valence-corrected chi connectivity index (χ0v) is 15.8. The molecule has 27 heavy (non-hydrogen) atoms. The lowest BCUT2D eigenvalue weighted by Gasteiger charge is -2.34. The minimum Gasteiger partial charge on any atom is -0.496 e. The van der Waals surface area contributed by atoms with E-state index in [1.165, 1.54) is 6.92 Å². The number of urea groups is 1. The molecule has 2 aromatic carbocycles. The number of ketones is 1. The minimum atomic E-state index is -0.109. The topological polar surface area (TPSA) is 61.9 Å². The largest absolute Gasteiger partial charge is 0.496 e. The number of ether oxygens (including phenoxy) is 1. The van der Waals surface area contributed by atoms with Crippen LogP contribution in [0.3, 0.4) is 0 Å². The number of Topliss-reactive ketones (excluding diaryl/α,β-unsaturated/α-hetero) is 1. The fraction of sp³-hybridized carbons (Fsp3) is 0.333. The zero-order valence-electron chi connectivity index (χ0n) is 15.8. The Morgan fingerprint density at radius 3 is 2.30 bits per heavy atom. The molecular formula is C21H25N3O3. The Kier molecular flexibility index (Phi) is 6.08. The van der Waals surface area contributed by atoms with Crippen LogP contribution in [0, 0.1) is 0 Å². The van der Waals surface area contributed by atoms with Gasteiger partial charge in [0, 0.05) is 49.5 Å². The van der Waals surface area contributed by atoms with Crippen LogP contribution in [0.2, 0.25) is 0 Å². The molecule has 3 rings (SSSR count). The van der Waals surface area contributed by atoms with Crippen LogP contribution in [0.15, 0.2) is 48.5 Å². The van der Waals surface area contributed by atoms with Crippen molar-refractivity contribution < 1.29 is 14.3 Å². The second-order valence-electron chi connectivity index (χ2n) is 6.64. The highest BCUT2D eigenvalue weighted by Crippen LogP contribution is 2.20. The van der Waals surface area contributed by atoms with Crippen LogP contribution in [-0.2, 0) is 6.54 Å². The van der Waals surface area contributed by atoms with Gasteiger partial charge in [-0.3, -0.25) is 9.69 Å². The molecule has 0 radical (unpaired) electrons. The maximum Gasteiger partial charge on any atom is 0.321 e. The number of piperazine rings is 1. The third-order valence-corrected chi connectivity index (χ3v) is 4.79. The first-order valence-electron chi connectivity index (χ1n) is 9.08. The molecule has 1 heterocycles. The summed E-state index contributed by atoms with van der Waals surface area (Å²) in [4.78, 5) is 27.9. The van der Waals surface area contributed by atoms with Crippen LogP contribution in [0.5, 0.6) is 5.75 Å². The third kappa shape index (κ3) is 4.86. The van der Waals surface area contributed by atoms with Crippen LogP contribution in [-0.4, -0.2) is 54.9 Å². The number of nitrogens with one attached hydrogen (secondary N) is 1. The molecule has 1 aliphatic rings. The molecule has 0 atom stereocenters. The molecular weight excluding hydrogens is 342 g/mol. The van der Waals surface area contributed by atoms with E-state index in [1.54, 1.807) is 31.4 Å². The SMILES string of the molecule is COc1ccccc1CN1CCN(C(=O)Nc2ccc(C(C)=O)cc2)CC1. The van der Waals surface area contributed by atoms with Crippen molar-refractivity contribution in [1.82, 2.24) is 9.80 Å². The number of anilines is 1. The van der Waals surface area contributed by atoms with E-state index in [-0.39, 0.29) is 11.8 Å². The molecule has 1 saturated heterocycles. The van der Waals surface area contributed by atoms with Gasteiger partial charge in [-0.15, -0.1) is 0 Å². The number of nitrogens with zero attached hydrogens (tertiary/aromatic N) is 2. The first-order valence-corrected chi connectivity index (χ1v) is 9.08. The molecule has 0 spiro atoms. The van der Waals surface area contributed by atoms with Crippen molar-refractivity contribution in [2.75, 3.05) is 38.6 Å². The van der Waals surface area contributed by atoms with E-state index in [9.17, 15) is 9.59 Å². The van der Waals surface area contributed by atoms with Gasteiger partial charge in [-0.25, -0.2) is 4.79 Å². The van der Waals surface area contributed by atoms with Gasteiger partial charge in [0.1, 0.15) is 5.75 Å². The van der Waals surface area contributed by atoms with Gasteiger partial charge in [0.05, 0.1) is 7.11 Å². The van der Waals surface area contributed by atoms with Crippen LogP contribution < -0.4 is 10.1 Å². The van der Waals surface area contributed by atoms with E-state index >= 15 is 0 Å². The van der Waals surface area contributed by atoms with E-state index in [4.69, 9.17) is 4.74 Å². The number of amides is 2. The number of carbonyl (C=O) groups excluding carboxylic acids is 2. The lowest BCUT2D eigenvalue weighted by atomic mass is 10.1. The second kappa shape index (κ2) is 8.68. The molecule has 0 bridgehead atoms. The summed E-state index contributed by atoms with van der Waals surface area (Å²) in [5, 5.41) is 2.90. The molecule has 0 saturated carbocycles. The fourth-order valence-corrected chi connectivity index (χ4v) is 3.17. The predicted molar refractivity (Wildman–Crippen MR) is 105 cm³/mol.